The van der Waals surface area contributed by atoms with E-state index in [0.29, 0.717) is 0 Å². The van der Waals surface area contributed by atoms with Gasteiger partial charge in [-0.3, -0.25) is 15.8 Å². The van der Waals surface area contributed by atoms with E-state index < -0.39 is 22.9 Å². The largest absolute Gasteiger partial charge is 0.417 e. The van der Waals surface area contributed by atoms with Crippen molar-refractivity contribution in [2.45, 2.75) is 12.3 Å². The maximum Gasteiger partial charge on any atom is 0.388 e. The van der Waals surface area contributed by atoms with Gasteiger partial charge < -0.3 is 15.8 Å². The first-order chi connectivity index (χ1) is 9.83. The van der Waals surface area contributed by atoms with Gasteiger partial charge in [-0.15, -0.1) is 0 Å². The van der Waals surface area contributed by atoms with Crippen LogP contribution in [0.1, 0.15) is 5.56 Å². The number of nitrogens with two attached hydrogens (primary N) is 2. The molecule has 0 radical (unpaired) electrons. The van der Waals surface area contributed by atoms with E-state index in [1.54, 1.807) is 0 Å². The number of nitrogens with one attached hydrogen (secondary N) is 1. The Morgan fingerprint density at radius 2 is 2.19 bits per heavy atom. The highest BCUT2D eigenvalue weighted by molar-refractivity contribution is 5.80. The Morgan fingerprint density at radius 3 is 2.71 bits per heavy atom. The minimum absolute atomic E-state index is 0.0940. The summed E-state index contributed by atoms with van der Waals surface area (Å²) in [4.78, 5) is 17.7. The predicted octanol–water partition coefficient (Wildman–Crippen LogP) is -0.170. The van der Waals surface area contributed by atoms with Gasteiger partial charge in [0.1, 0.15) is 0 Å². The fourth-order valence-corrected chi connectivity index (χ4v) is 1.70. The molecule has 0 bridgehead atoms. The van der Waals surface area contributed by atoms with Gasteiger partial charge in [-0.1, -0.05) is 0 Å². The lowest BCUT2D eigenvalue weighted by atomic mass is 9.99. The molecule has 9 nitrogen and oxygen atoms in total. The molecule has 0 saturated carbocycles. The number of alkyl halides is 2. The number of hydrogen-bond acceptors (Lipinski definition) is 8. The Balaban J connectivity index is 2.39. The molecule has 2 rings (SSSR count). The molecule has 5 N–H and O–H groups in total. The summed E-state index contributed by atoms with van der Waals surface area (Å²) < 4.78 is 28.2. The van der Waals surface area contributed by atoms with Gasteiger partial charge in [0.05, 0.1) is 11.1 Å². The van der Waals surface area contributed by atoms with Crippen LogP contribution >= 0.6 is 0 Å². The molecule has 1 atom stereocenters. The SMILES string of the molecule is NC1=NC(N)(c2ccc(OC(F)F)nc2)C([N+](=O)[O-])=CN1. The summed E-state index contributed by atoms with van der Waals surface area (Å²) in [5, 5.41) is 13.4. The van der Waals surface area contributed by atoms with Crippen molar-refractivity contribution in [1.29, 1.82) is 0 Å². The summed E-state index contributed by atoms with van der Waals surface area (Å²) in [6.45, 7) is -3.03. The van der Waals surface area contributed by atoms with Crippen molar-refractivity contribution >= 4 is 5.96 Å². The van der Waals surface area contributed by atoms with Crippen molar-refractivity contribution in [3.05, 3.63) is 45.9 Å². The van der Waals surface area contributed by atoms with Crippen LogP contribution in [0.4, 0.5) is 8.78 Å². The molecule has 0 saturated heterocycles. The fraction of sp³-hybridized carbons (Fsp3) is 0.200. The minimum Gasteiger partial charge on any atom is -0.417 e. The summed E-state index contributed by atoms with van der Waals surface area (Å²) in [5.74, 6) is -0.481. The van der Waals surface area contributed by atoms with E-state index in [0.717, 1.165) is 18.5 Å². The van der Waals surface area contributed by atoms with Crippen molar-refractivity contribution in [2.75, 3.05) is 0 Å². The number of guanidine groups is 1. The topological polar surface area (TPSA) is 142 Å². The van der Waals surface area contributed by atoms with Crippen LogP contribution < -0.4 is 21.5 Å². The zero-order valence-corrected chi connectivity index (χ0v) is 10.4. The first-order valence-corrected chi connectivity index (χ1v) is 5.50. The van der Waals surface area contributed by atoms with Crippen LogP contribution in [0, 0.1) is 10.1 Å². The second-order valence-corrected chi connectivity index (χ2v) is 3.96. The van der Waals surface area contributed by atoms with Crippen LogP contribution in [0.5, 0.6) is 5.88 Å². The number of hydrogen-bond donors (Lipinski definition) is 3. The summed E-state index contributed by atoms with van der Waals surface area (Å²) in [7, 11) is 0. The normalized spacial score (nSPS) is 21.3. The highest BCUT2D eigenvalue weighted by Gasteiger charge is 2.43. The third-order valence-electron chi connectivity index (χ3n) is 2.63. The number of pyridine rings is 1. The molecule has 21 heavy (non-hydrogen) atoms. The Bertz CT molecular complexity index is 618. The Hall–Kier alpha value is -2.82. The van der Waals surface area contributed by atoms with Gasteiger partial charge in [0.15, 0.2) is 5.96 Å². The summed E-state index contributed by atoms with van der Waals surface area (Å²) >= 11 is 0. The summed E-state index contributed by atoms with van der Waals surface area (Å²) in [6.07, 6.45) is 2.06. The molecule has 1 aromatic heterocycles. The number of aliphatic imine (C=N–C) groups is 1. The van der Waals surface area contributed by atoms with Crippen LogP contribution in [0.25, 0.3) is 0 Å². The molecule has 2 heterocycles. The van der Waals surface area contributed by atoms with Crippen molar-refractivity contribution in [1.82, 2.24) is 10.3 Å². The minimum atomic E-state index is -3.03. The second-order valence-electron chi connectivity index (χ2n) is 3.96. The van der Waals surface area contributed by atoms with Crippen molar-refractivity contribution in [3.63, 3.8) is 0 Å². The molecule has 0 fully saturated rings. The van der Waals surface area contributed by atoms with E-state index in [9.17, 15) is 18.9 Å². The van der Waals surface area contributed by atoms with E-state index in [1.165, 1.54) is 6.07 Å². The molecule has 112 valence electrons. The van der Waals surface area contributed by atoms with E-state index in [-0.39, 0.29) is 17.4 Å². The standard InChI is InChI=1S/C10H10F2N6O3/c11-8(12)21-7-2-1-5(3-15-7)10(14)6(18(19)20)4-16-9(13)17-10/h1-4,8H,14H2,(H3,13,16,17). The molecule has 11 heteroatoms. The summed E-state index contributed by atoms with van der Waals surface area (Å²) in [6, 6.07) is 2.34. The first kappa shape index (κ1) is 14.6. The monoisotopic (exact) mass is 300 g/mol. The lowest BCUT2D eigenvalue weighted by molar-refractivity contribution is -0.436. The Kier molecular flexibility index (Phi) is 3.67. The third kappa shape index (κ3) is 2.86. The highest BCUT2D eigenvalue weighted by atomic mass is 19.3. The maximum absolute atomic E-state index is 12.0. The van der Waals surface area contributed by atoms with Crippen LogP contribution in [0.2, 0.25) is 0 Å². The lowest BCUT2D eigenvalue weighted by Gasteiger charge is -2.25. The first-order valence-electron chi connectivity index (χ1n) is 5.50. The van der Waals surface area contributed by atoms with Gasteiger partial charge in [-0.25, -0.2) is 9.98 Å². The average Bonchev–Trinajstić information content (AvgIpc) is 2.38. The molecular weight excluding hydrogens is 290 g/mol. The van der Waals surface area contributed by atoms with Crippen LogP contribution in [-0.2, 0) is 5.66 Å². The second kappa shape index (κ2) is 5.28. The van der Waals surface area contributed by atoms with E-state index in [4.69, 9.17) is 11.5 Å². The Morgan fingerprint density at radius 1 is 1.48 bits per heavy atom. The smallest absolute Gasteiger partial charge is 0.388 e. The van der Waals surface area contributed by atoms with Crippen LogP contribution in [0.3, 0.4) is 0 Å². The van der Waals surface area contributed by atoms with Crippen molar-refractivity contribution in [2.24, 2.45) is 16.5 Å². The van der Waals surface area contributed by atoms with Gasteiger partial charge in [0.25, 0.3) is 0 Å². The lowest BCUT2D eigenvalue weighted by Crippen LogP contribution is -2.47. The molecule has 1 aliphatic heterocycles. The van der Waals surface area contributed by atoms with Gasteiger partial charge in [0, 0.05) is 17.8 Å². The molecule has 1 aliphatic rings. The zero-order valence-electron chi connectivity index (χ0n) is 10.4. The molecule has 0 aromatic carbocycles. The number of aromatic nitrogens is 1. The average molecular weight is 300 g/mol. The van der Waals surface area contributed by atoms with Crippen molar-refractivity contribution in [3.8, 4) is 5.88 Å². The number of rotatable bonds is 4. The van der Waals surface area contributed by atoms with Gasteiger partial charge in [0.2, 0.25) is 11.5 Å². The molecule has 1 unspecified atom stereocenters. The third-order valence-corrected chi connectivity index (χ3v) is 2.63. The van der Waals surface area contributed by atoms with Crippen LogP contribution in [-0.4, -0.2) is 22.5 Å². The molecule has 0 aliphatic carbocycles. The quantitative estimate of drug-likeness (QED) is 0.517. The number of ether oxygens (including phenoxy) is 1. The zero-order chi connectivity index (χ0) is 15.6. The van der Waals surface area contributed by atoms with Crippen LogP contribution in [0.15, 0.2) is 35.2 Å². The number of nitrogens with zero attached hydrogens (tertiary/aromatic N) is 3. The summed E-state index contributed by atoms with van der Waals surface area (Å²) in [5.41, 5.74) is 9.12. The maximum atomic E-state index is 12.0. The molecule has 1 aromatic rings. The number of halogens is 2. The Labute approximate surface area is 116 Å². The van der Waals surface area contributed by atoms with E-state index >= 15 is 0 Å². The number of nitro groups is 1. The van der Waals surface area contributed by atoms with Gasteiger partial charge in [-0.05, 0) is 6.07 Å². The molecular formula is C10H10F2N6O3. The molecule has 0 spiro atoms. The predicted molar refractivity (Wildman–Crippen MR) is 66.6 cm³/mol. The van der Waals surface area contributed by atoms with E-state index in [2.05, 4.69) is 20.0 Å². The molecule has 0 amide bonds. The fourth-order valence-electron chi connectivity index (χ4n) is 1.70. The van der Waals surface area contributed by atoms with Gasteiger partial charge in [-0.2, -0.15) is 8.78 Å². The van der Waals surface area contributed by atoms with Gasteiger partial charge >= 0.3 is 12.3 Å². The van der Waals surface area contributed by atoms with Crippen molar-refractivity contribution < 1.29 is 18.4 Å². The highest BCUT2D eigenvalue weighted by Crippen LogP contribution is 2.30. The van der Waals surface area contributed by atoms with E-state index in [1.807, 2.05) is 0 Å².